The van der Waals surface area contributed by atoms with Crippen molar-refractivity contribution in [1.82, 2.24) is 5.32 Å². The van der Waals surface area contributed by atoms with Gasteiger partial charge >= 0.3 is 0 Å². The summed E-state index contributed by atoms with van der Waals surface area (Å²) in [5.74, 6) is 1.80. The molecule has 3 N–H and O–H groups in total. The van der Waals surface area contributed by atoms with Crippen LogP contribution in [0.3, 0.4) is 0 Å². The number of benzene rings is 1. The summed E-state index contributed by atoms with van der Waals surface area (Å²) in [7, 11) is 0. The predicted octanol–water partition coefficient (Wildman–Crippen LogP) is 2.54. The van der Waals surface area contributed by atoms with Crippen molar-refractivity contribution in [1.29, 1.82) is 0 Å². The van der Waals surface area contributed by atoms with Gasteiger partial charge in [-0.05, 0) is 42.6 Å². The number of nitrogens with two attached hydrogens (primary N) is 1. The highest BCUT2D eigenvalue weighted by Gasteiger charge is 2.30. The molecule has 1 aromatic rings. The van der Waals surface area contributed by atoms with E-state index < -0.39 is 0 Å². The van der Waals surface area contributed by atoms with Crippen molar-refractivity contribution < 1.29 is 4.79 Å². The van der Waals surface area contributed by atoms with Crippen LogP contribution in [0.2, 0.25) is 0 Å². The maximum absolute atomic E-state index is 12.3. The molecule has 0 spiro atoms. The van der Waals surface area contributed by atoms with Gasteiger partial charge in [-0.1, -0.05) is 18.2 Å². The van der Waals surface area contributed by atoms with Crippen LogP contribution in [0.25, 0.3) is 0 Å². The van der Waals surface area contributed by atoms with Crippen LogP contribution >= 0.6 is 24.2 Å². The van der Waals surface area contributed by atoms with Crippen molar-refractivity contribution in [2.45, 2.75) is 36.1 Å². The van der Waals surface area contributed by atoms with Crippen molar-refractivity contribution in [3.8, 4) is 0 Å². The van der Waals surface area contributed by atoms with Crippen LogP contribution in [0.1, 0.15) is 30.7 Å². The first-order valence-electron chi connectivity index (χ1n) is 7.00. The second kappa shape index (κ2) is 6.83. The molecule has 0 radical (unpaired) electrons. The zero-order valence-electron chi connectivity index (χ0n) is 11.4. The molecule has 3 nitrogen and oxygen atoms in total. The summed E-state index contributed by atoms with van der Waals surface area (Å²) < 4.78 is 0. The number of halogens is 1. The summed E-state index contributed by atoms with van der Waals surface area (Å²) in [6.07, 6.45) is 3.37. The van der Waals surface area contributed by atoms with Gasteiger partial charge in [-0.2, -0.15) is 0 Å². The fraction of sp³-hybridized carbons (Fsp3) is 0.533. The molecule has 5 heteroatoms. The highest BCUT2D eigenvalue weighted by molar-refractivity contribution is 7.99. The van der Waals surface area contributed by atoms with Crippen LogP contribution in [0.5, 0.6) is 0 Å². The molecular weight excluding hydrogens is 292 g/mol. The Bertz CT molecular complexity index is 479. The highest BCUT2D eigenvalue weighted by Crippen LogP contribution is 2.37. The predicted molar refractivity (Wildman–Crippen MR) is 85.5 cm³/mol. The first kappa shape index (κ1) is 15.7. The molecule has 110 valence electrons. The van der Waals surface area contributed by atoms with Gasteiger partial charge in [0.25, 0.3) is 0 Å². The molecule has 2 atom stereocenters. The van der Waals surface area contributed by atoms with Crippen molar-refractivity contribution in [3.05, 3.63) is 29.8 Å². The fourth-order valence-electron chi connectivity index (χ4n) is 2.65. The maximum atomic E-state index is 12.3. The Balaban J connectivity index is 0.00000147. The number of nitrogens with one attached hydrogen (secondary N) is 1. The minimum absolute atomic E-state index is 0. The van der Waals surface area contributed by atoms with Gasteiger partial charge in [0.1, 0.15) is 0 Å². The van der Waals surface area contributed by atoms with Gasteiger partial charge in [-0.3, -0.25) is 4.79 Å². The lowest BCUT2D eigenvalue weighted by molar-refractivity contribution is -0.122. The van der Waals surface area contributed by atoms with Crippen LogP contribution < -0.4 is 11.1 Å². The van der Waals surface area contributed by atoms with E-state index in [4.69, 9.17) is 5.73 Å². The minimum Gasteiger partial charge on any atom is -0.354 e. The molecule has 0 aromatic heterocycles. The number of carbonyl (C=O) groups is 1. The van der Waals surface area contributed by atoms with Gasteiger partial charge in [0.05, 0.1) is 5.92 Å². The van der Waals surface area contributed by atoms with E-state index in [1.54, 1.807) is 0 Å². The van der Waals surface area contributed by atoms with Gasteiger partial charge in [-0.25, -0.2) is 0 Å². The first-order valence-corrected chi connectivity index (χ1v) is 7.99. The molecule has 1 aliphatic carbocycles. The molecule has 2 aliphatic rings. The van der Waals surface area contributed by atoms with Crippen LogP contribution in [0.4, 0.5) is 0 Å². The summed E-state index contributed by atoms with van der Waals surface area (Å²) in [5.41, 5.74) is 7.21. The molecular formula is C15H21ClN2OS. The number of thioether (sulfide) groups is 1. The lowest BCUT2D eigenvalue weighted by Crippen LogP contribution is -2.41. The normalized spacial score (nSPS) is 22.4. The third kappa shape index (κ3) is 3.48. The van der Waals surface area contributed by atoms with E-state index in [2.05, 4.69) is 17.4 Å². The monoisotopic (exact) mass is 312 g/mol. The molecule has 20 heavy (non-hydrogen) atoms. The summed E-state index contributed by atoms with van der Waals surface area (Å²) >= 11 is 1.84. The standard InChI is InChI=1S/C15H20N2OS.ClH/c16-13(10-5-6-10)9-17-15(18)12-7-8-19-14-4-2-1-3-11(12)14;/h1-4,10,12-13H,5-9,16H2,(H,17,18);1H. The summed E-state index contributed by atoms with van der Waals surface area (Å²) in [5, 5.41) is 3.04. The Hall–Kier alpha value is -0.710. The second-order valence-electron chi connectivity index (χ2n) is 5.47. The van der Waals surface area contributed by atoms with E-state index in [0.717, 1.165) is 12.2 Å². The quantitative estimate of drug-likeness (QED) is 0.898. The molecule has 0 bridgehead atoms. The highest BCUT2D eigenvalue weighted by atomic mass is 35.5. The molecule has 2 unspecified atom stereocenters. The number of fused-ring (bicyclic) bond motifs is 1. The van der Waals surface area contributed by atoms with Gasteiger partial charge in [0.2, 0.25) is 5.91 Å². The van der Waals surface area contributed by atoms with Crippen LogP contribution in [0.15, 0.2) is 29.2 Å². The molecule has 1 amide bonds. The summed E-state index contributed by atoms with van der Waals surface area (Å²) in [6, 6.07) is 8.37. The molecule has 0 saturated heterocycles. The van der Waals surface area contributed by atoms with Gasteiger partial charge in [0.15, 0.2) is 0 Å². The number of hydrogen-bond donors (Lipinski definition) is 2. The Morgan fingerprint density at radius 2 is 2.10 bits per heavy atom. The molecule has 3 rings (SSSR count). The number of carbonyl (C=O) groups excluding carboxylic acids is 1. The fourth-order valence-corrected chi connectivity index (χ4v) is 3.77. The molecule has 1 saturated carbocycles. The second-order valence-corrected chi connectivity index (χ2v) is 6.61. The van der Waals surface area contributed by atoms with E-state index in [9.17, 15) is 4.79 Å². The third-order valence-corrected chi connectivity index (χ3v) is 5.14. The smallest absolute Gasteiger partial charge is 0.227 e. The SMILES string of the molecule is Cl.NC(CNC(=O)C1CCSc2ccccc21)C1CC1. The number of rotatable bonds is 4. The van der Waals surface area contributed by atoms with E-state index in [0.29, 0.717) is 12.5 Å². The minimum atomic E-state index is 0. The van der Waals surface area contributed by atoms with Gasteiger partial charge in [-0.15, -0.1) is 24.2 Å². The van der Waals surface area contributed by atoms with Crippen molar-refractivity contribution in [2.75, 3.05) is 12.3 Å². The van der Waals surface area contributed by atoms with Crippen LogP contribution in [0, 0.1) is 5.92 Å². The number of amides is 1. The van der Waals surface area contributed by atoms with E-state index in [1.165, 1.54) is 23.3 Å². The summed E-state index contributed by atoms with van der Waals surface area (Å²) in [6.45, 7) is 0.620. The average molecular weight is 313 g/mol. The van der Waals surface area contributed by atoms with Crippen LogP contribution in [-0.4, -0.2) is 24.2 Å². The van der Waals surface area contributed by atoms with Gasteiger partial charge in [0, 0.05) is 17.5 Å². The lowest BCUT2D eigenvalue weighted by Gasteiger charge is -2.24. The first-order chi connectivity index (χ1) is 9.25. The lowest BCUT2D eigenvalue weighted by atomic mass is 9.95. The Morgan fingerprint density at radius 3 is 2.85 bits per heavy atom. The maximum Gasteiger partial charge on any atom is 0.227 e. The molecule has 1 aromatic carbocycles. The summed E-state index contributed by atoms with van der Waals surface area (Å²) in [4.78, 5) is 13.6. The van der Waals surface area contributed by atoms with Crippen molar-refractivity contribution >= 4 is 30.1 Å². The Kier molecular flexibility index (Phi) is 5.35. The Labute approximate surface area is 130 Å². The third-order valence-electron chi connectivity index (χ3n) is 4.01. The zero-order chi connectivity index (χ0) is 13.2. The van der Waals surface area contributed by atoms with Gasteiger partial charge < -0.3 is 11.1 Å². The number of hydrogen-bond acceptors (Lipinski definition) is 3. The van der Waals surface area contributed by atoms with Crippen LogP contribution in [-0.2, 0) is 4.79 Å². The van der Waals surface area contributed by atoms with Crippen molar-refractivity contribution in [3.63, 3.8) is 0 Å². The molecule has 1 fully saturated rings. The zero-order valence-corrected chi connectivity index (χ0v) is 13.0. The van der Waals surface area contributed by atoms with E-state index >= 15 is 0 Å². The van der Waals surface area contributed by atoms with E-state index in [1.807, 2.05) is 23.9 Å². The largest absolute Gasteiger partial charge is 0.354 e. The Morgan fingerprint density at radius 1 is 1.35 bits per heavy atom. The molecule has 1 aliphatic heterocycles. The molecule has 1 heterocycles. The topological polar surface area (TPSA) is 55.1 Å². The average Bonchev–Trinajstić information content (AvgIpc) is 3.28. The van der Waals surface area contributed by atoms with Crippen molar-refractivity contribution in [2.24, 2.45) is 11.7 Å². The van der Waals surface area contributed by atoms with E-state index in [-0.39, 0.29) is 30.3 Å².